The zero-order valence-corrected chi connectivity index (χ0v) is 17.6. The van der Waals surface area contributed by atoms with Crippen molar-refractivity contribution in [2.45, 2.75) is 19.4 Å². The predicted molar refractivity (Wildman–Crippen MR) is 123 cm³/mol. The molecular weight excluding hydrogens is 402 g/mol. The lowest BCUT2D eigenvalue weighted by Crippen LogP contribution is -2.28. The van der Waals surface area contributed by atoms with Gasteiger partial charge < -0.3 is 10.2 Å². The van der Waals surface area contributed by atoms with Crippen LogP contribution in [0.15, 0.2) is 72.8 Å². The number of carbonyl (C=O) groups is 2. The fourth-order valence-corrected chi connectivity index (χ4v) is 4.03. The van der Waals surface area contributed by atoms with Crippen LogP contribution >= 0.6 is 0 Å². The van der Waals surface area contributed by atoms with Gasteiger partial charge in [-0.2, -0.15) is 0 Å². The maximum atomic E-state index is 12.8. The molecule has 0 radical (unpaired) electrons. The summed E-state index contributed by atoms with van der Waals surface area (Å²) >= 11 is 0. The van der Waals surface area contributed by atoms with Gasteiger partial charge in [0.25, 0.3) is 11.8 Å². The van der Waals surface area contributed by atoms with Gasteiger partial charge in [-0.05, 0) is 54.8 Å². The molecule has 7 heteroatoms. The Hall–Kier alpha value is -4.00. The molecule has 32 heavy (non-hydrogen) atoms. The van der Waals surface area contributed by atoms with Crippen LogP contribution < -0.4 is 5.32 Å². The van der Waals surface area contributed by atoms with E-state index in [-0.39, 0.29) is 11.8 Å². The Bertz CT molecular complexity index is 1270. The van der Waals surface area contributed by atoms with Crippen LogP contribution in [0.1, 0.15) is 39.1 Å². The Kier molecular flexibility index (Phi) is 5.37. The fraction of sp³-hybridized carbons (Fsp3) is 0.200. The molecule has 0 bridgehead atoms. The second-order valence-electron chi connectivity index (χ2n) is 7.93. The van der Waals surface area contributed by atoms with E-state index in [4.69, 9.17) is 0 Å². The summed E-state index contributed by atoms with van der Waals surface area (Å²) in [4.78, 5) is 27.5. The molecule has 3 aromatic carbocycles. The second kappa shape index (κ2) is 8.63. The van der Waals surface area contributed by atoms with Crippen LogP contribution in [0.3, 0.4) is 0 Å². The van der Waals surface area contributed by atoms with E-state index in [1.54, 1.807) is 24.3 Å². The summed E-state index contributed by atoms with van der Waals surface area (Å²) in [5.74, 6) is -0.279. The SMILES string of the molecule is O=C(Nc1ccccc1C(=O)N1CCCC1)c1ccc(Cn2nnc3ccccc32)cc1. The number of anilines is 1. The number of nitrogens with one attached hydrogen (secondary N) is 1. The first-order chi connectivity index (χ1) is 15.7. The highest BCUT2D eigenvalue weighted by Crippen LogP contribution is 2.21. The van der Waals surface area contributed by atoms with Gasteiger partial charge in [0.15, 0.2) is 0 Å². The van der Waals surface area contributed by atoms with Crippen molar-refractivity contribution in [2.24, 2.45) is 0 Å². The lowest BCUT2D eigenvalue weighted by Gasteiger charge is -2.18. The molecule has 1 fully saturated rings. The first kappa shape index (κ1) is 19.9. The van der Waals surface area contributed by atoms with Gasteiger partial charge in [-0.1, -0.05) is 41.6 Å². The summed E-state index contributed by atoms with van der Waals surface area (Å²) in [6.45, 7) is 2.10. The number of para-hydroxylation sites is 2. The average molecular weight is 425 g/mol. The van der Waals surface area contributed by atoms with E-state index in [1.165, 1.54) is 0 Å². The number of rotatable bonds is 5. The molecule has 2 heterocycles. The van der Waals surface area contributed by atoms with E-state index in [2.05, 4.69) is 15.6 Å². The van der Waals surface area contributed by atoms with Crippen molar-refractivity contribution < 1.29 is 9.59 Å². The zero-order valence-electron chi connectivity index (χ0n) is 17.6. The Morgan fingerprint density at radius 1 is 0.875 bits per heavy atom. The number of carbonyl (C=O) groups excluding carboxylic acids is 2. The van der Waals surface area contributed by atoms with Crippen molar-refractivity contribution in [3.63, 3.8) is 0 Å². The molecule has 0 atom stereocenters. The highest BCUT2D eigenvalue weighted by molar-refractivity contribution is 6.09. The first-order valence-electron chi connectivity index (χ1n) is 10.8. The van der Waals surface area contributed by atoms with Crippen LogP contribution in [0.2, 0.25) is 0 Å². The number of hydrogen-bond donors (Lipinski definition) is 1. The van der Waals surface area contributed by atoms with Crippen LogP contribution in [-0.4, -0.2) is 44.8 Å². The van der Waals surface area contributed by atoms with Gasteiger partial charge in [0, 0.05) is 18.7 Å². The zero-order chi connectivity index (χ0) is 21.9. The largest absolute Gasteiger partial charge is 0.339 e. The van der Waals surface area contributed by atoms with Crippen LogP contribution in [0.25, 0.3) is 11.0 Å². The molecule has 1 N–H and O–H groups in total. The Morgan fingerprint density at radius 3 is 2.41 bits per heavy atom. The van der Waals surface area contributed by atoms with E-state index < -0.39 is 0 Å². The molecule has 1 aliphatic rings. The van der Waals surface area contributed by atoms with Crippen molar-refractivity contribution >= 4 is 28.5 Å². The third-order valence-electron chi connectivity index (χ3n) is 5.77. The predicted octanol–water partition coefficient (Wildman–Crippen LogP) is 3.97. The minimum absolute atomic E-state index is 0.0335. The summed E-state index contributed by atoms with van der Waals surface area (Å²) in [6, 6.07) is 22.4. The van der Waals surface area contributed by atoms with Crippen LogP contribution in [0.4, 0.5) is 5.69 Å². The van der Waals surface area contributed by atoms with E-state index in [0.717, 1.165) is 42.5 Å². The molecule has 4 aromatic rings. The monoisotopic (exact) mass is 425 g/mol. The maximum absolute atomic E-state index is 12.8. The van der Waals surface area contributed by atoms with Crippen molar-refractivity contribution in [3.05, 3.63) is 89.5 Å². The summed E-state index contributed by atoms with van der Waals surface area (Å²) in [5, 5.41) is 11.3. The molecule has 0 aliphatic carbocycles. The maximum Gasteiger partial charge on any atom is 0.255 e. The fourth-order valence-electron chi connectivity index (χ4n) is 4.03. The molecule has 1 saturated heterocycles. The Labute approximate surface area is 185 Å². The van der Waals surface area contributed by atoms with Crippen molar-refractivity contribution in [2.75, 3.05) is 18.4 Å². The summed E-state index contributed by atoms with van der Waals surface area (Å²) in [5.41, 5.74) is 4.42. The van der Waals surface area contributed by atoms with E-state index in [0.29, 0.717) is 23.4 Å². The number of benzene rings is 3. The topological polar surface area (TPSA) is 80.1 Å². The summed E-state index contributed by atoms with van der Waals surface area (Å²) in [6.07, 6.45) is 2.05. The minimum Gasteiger partial charge on any atom is -0.339 e. The smallest absolute Gasteiger partial charge is 0.255 e. The van der Waals surface area contributed by atoms with Gasteiger partial charge in [0.1, 0.15) is 5.52 Å². The van der Waals surface area contributed by atoms with Gasteiger partial charge in [-0.3, -0.25) is 9.59 Å². The van der Waals surface area contributed by atoms with E-state index in [1.807, 2.05) is 58.1 Å². The van der Waals surface area contributed by atoms with Crippen LogP contribution in [-0.2, 0) is 6.54 Å². The van der Waals surface area contributed by atoms with Gasteiger partial charge in [0.2, 0.25) is 0 Å². The van der Waals surface area contributed by atoms with Crippen LogP contribution in [0.5, 0.6) is 0 Å². The molecule has 0 spiro atoms. The number of likely N-dealkylation sites (tertiary alicyclic amines) is 1. The molecule has 7 nitrogen and oxygen atoms in total. The van der Waals surface area contributed by atoms with Crippen molar-refractivity contribution in [1.82, 2.24) is 19.9 Å². The van der Waals surface area contributed by atoms with Crippen molar-refractivity contribution in [3.8, 4) is 0 Å². The molecule has 5 rings (SSSR count). The summed E-state index contributed by atoms with van der Waals surface area (Å²) in [7, 11) is 0. The molecular formula is C25H23N5O2. The highest BCUT2D eigenvalue weighted by Gasteiger charge is 2.22. The number of nitrogens with zero attached hydrogens (tertiary/aromatic N) is 4. The summed E-state index contributed by atoms with van der Waals surface area (Å²) < 4.78 is 1.84. The quantitative estimate of drug-likeness (QED) is 0.525. The van der Waals surface area contributed by atoms with Gasteiger partial charge in [-0.15, -0.1) is 5.10 Å². The lowest BCUT2D eigenvalue weighted by atomic mass is 10.1. The van der Waals surface area contributed by atoms with Crippen molar-refractivity contribution in [1.29, 1.82) is 0 Å². The minimum atomic E-state index is -0.246. The first-order valence-corrected chi connectivity index (χ1v) is 10.8. The standard InChI is InChI=1S/C25H23N5O2/c31-24(26-21-8-2-1-7-20(21)25(32)29-15-5-6-16-29)19-13-11-18(12-14-19)17-30-23-10-4-3-9-22(23)27-28-30/h1-4,7-14H,5-6,15-17H2,(H,26,31). The third kappa shape index (κ3) is 3.97. The average Bonchev–Trinajstić information content (AvgIpc) is 3.50. The Balaban J connectivity index is 1.30. The molecule has 0 saturated carbocycles. The number of aromatic nitrogens is 3. The normalized spacial score (nSPS) is 13.4. The molecule has 160 valence electrons. The molecule has 1 aliphatic heterocycles. The number of amides is 2. The van der Waals surface area contributed by atoms with E-state index >= 15 is 0 Å². The van der Waals surface area contributed by atoms with Gasteiger partial charge in [0.05, 0.1) is 23.3 Å². The molecule has 0 unspecified atom stereocenters. The highest BCUT2D eigenvalue weighted by atomic mass is 16.2. The van der Waals surface area contributed by atoms with Gasteiger partial charge in [-0.25, -0.2) is 4.68 Å². The van der Waals surface area contributed by atoms with E-state index in [9.17, 15) is 9.59 Å². The molecule has 1 aromatic heterocycles. The second-order valence-corrected chi connectivity index (χ2v) is 7.93. The Morgan fingerprint density at radius 2 is 1.59 bits per heavy atom. The molecule has 2 amide bonds. The lowest BCUT2D eigenvalue weighted by molar-refractivity contribution is 0.0794. The van der Waals surface area contributed by atoms with Gasteiger partial charge >= 0.3 is 0 Å². The van der Waals surface area contributed by atoms with Crippen LogP contribution in [0, 0.1) is 0 Å². The number of fused-ring (bicyclic) bond motifs is 1. The number of hydrogen-bond acceptors (Lipinski definition) is 4. The third-order valence-corrected chi connectivity index (χ3v) is 5.77.